The Morgan fingerprint density at radius 3 is 1.33 bits per heavy atom. The maximum Gasteiger partial charge on any atom is 0 e. The molecule has 6 heteroatoms. The van der Waals surface area contributed by atoms with Gasteiger partial charge in [0.25, 0.3) is 0 Å². The Labute approximate surface area is 167 Å². The summed E-state index contributed by atoms with van der Waals surface area (Å²) >= 11 is 2.94. The van der Waals surface area contributed by atoms with Gasteiger partial charge in [0.2, 0.25) is 0 Å². The Balaban J connectivity index is -0.000000000179. The van der Waals surface area contributed by atoms with Crippen LogP contribution in [0.2, 0.25) is 0 Å². The molecule has 0 aromatic carbocycles. The summed E-state index contributed by atoms with van der Waals surface area (Å²) in [6, 6.07) is 0. The smallest absolute Gasteiger partial charge is 0 e. The van der Waals surface area contributed by atoms with Gasteiger partial charge in [-0.1, -0.05) is 0 Å². The van der Waals surface area contributed by atoms with Crippen LogP contribution in [0.15, 0.2) is 0 Å². The largest absolute Gasteiger partial charge is 0 e. The van der Waals surface area contributed by atoms with Crippen molar-refractivity contribution in [3.8, 4) is 0 Å². The summed E-state index contributed by atoms with van der Waals surface area (Å²) < 4.78 is 7.81. The van der Waals surface area contributed by atoms with Crippen LogP contribution in [0.3, 0.4) is 0 Å². The van der Waals surface area contributed by atoms with Gasteiger partial charge >= 0.3 is 106 Å². The summed E-state index contributed by atoms with van der Waals surface area (Å²) in [6.07, 6.45) is 0. The molecule has 1 nitrogen and oxygen atoms in total. The zero-order valence-corrected chi connectivity index (χ0v) is 18.2. The molecule has 0 aliphatic rings. The standard InChI is InChI=1S/Ba.Ca.Cu.O.Tl.Y.4H/q2*+2;;;;;4*-1. The Hall–Kier alpha value is 5.18. The maximum absolute atomic E-state index is 7.81. The minimum absolute atomic E-state index is 0. The van der Waals surface area contributed by atoms with E-state index in [0.29, 0.717) is 0 Å². The average Bonchev–Trinajstić information content (AvgIpc) is 1.00. The summed E-state index contributed by atoms with van der Waals surface area (Å²) in [7, 11) is 0. The summed E-state index contributed by atoms with van der Waals surface area (Å²) in [5.74, 6) is 0. The van der Waals surface area contributed by atoms with Crippen LogP contribution in [0.25, 0.3) is 0 Å². The van der Waals surface area contributed by atoms with E-state index in [1.165, 1.54) is 0 Å². The zero-order chi connectivity index (χ0) is 2.00. The van der Waals surface area contributed by atoms with Crippen molar-refractivity contribution in [2.45, 2.75) is 0 Å². The van der Waals surface area contributed by atoms with E-state index in [9.17, 15) is 0 Å². The van der Waals surface area contributed by atoms with Gasteiger partial charge in [-0.15, -0.1) is 0 Å². The van der Waals surface area contributed by atoms with Gasteiger partial charge in [-0.3, -0.25) is 0 Å². The zero-order valence-electron chi connectivity index (χ0n) is 7.28. The van der Waals surface area contributed by atoms with Crippen molar-refractivity contribution >= 4 is 114 Å². The molecule has 6 heavy (non-hydrogen) atoms. The average molecular weight is 554 g/mol. The van der Waals surface area contributed by atoms with Crippen LogP contribution < -0.4 is 0 Å². The molecule has 2 radical (unpaired) electrons. The summed E-state index contributed by atoms with van der Waals surface area (Å²) in [4.78, 5) is 0. The Kier molecular flexibility index (Phi) is 162. The van der Waals surface area contributed by atoms with E-state index in [1.807, 2.05) is 0 Å². The molecular formula is H4BaCaCuOTlY. The molecule has 0 atom stereocenters. The van der Waals surface area contributed by atoms with Crippen LogP contribution >= 0.6 is 0 Å². The molecule has 0 rings (SSSR count). The molecular weight excluding hydrogens is 550 g/mol. The minimum atomic E-state index is 0. The van der Waals surface area contributed by atoms with Crippen molar-refractivity contribution in [1.82, 2.24) is 0 Å². The van der Waals surface area contributed by atoms with Crippen molar-refractivity contribution < 1.29 is 58.2 Å². The fraction of sp³-hybridized carbons (Fsp3) is 0. The van der Waals surface area contributed by atoms with Gasteiger partial charge in [-0.05, 0) is 0 Å². The van der Waals surface area contributed by atoms with Gasteiger partial charge in [0.05, 0.1) is 0 Å². The van der Waals surface area contributed by atoms with Crippen LogP contribution in [0.5, 0.6) is 0 Å². The van der Waals surface area contributed by atoms with Crippen molar-refractivity contribution in [2.75, 3.05) is 0 Å². The normalized spacial score (nSPS) is 1.00. The summed E-state index contributed by atoms with van der Waals surface area (Å²) in [5.41, 5.74) is 0. The first-order valence-corrected chi connectivity index (χ1v) is 0.508. The molecule has 0 fully saturated rings. The van der Waals surface area contributed by atoms with Crippen molar-refractivity contribution in [1.29, 1.82) is 0 Å². The number of rotatable bonds is 0. The molecule has 0 aliphatic carbocycles. The monoisotopic (exact) mass is 555 g/mol. The van der Waals surface area contributed by atoms with Gasteiger partial charge in [0.15, 0.2) is 0 Å². The van der Waals surface area contributed by atoms with Crippen molar-refractivity contribution in [3.63, 3.8) is 0 Å². The number of hydrogen-bond donors (Lipinski definition) is 0. The van der Waals surface area contributed by atoms with Crippen molar-refractivity contribution in [2.24, 2.45) is 0 Å². The third-order valence-corrected chi connectivity index (χ3v) is 0. The molecule has 31 valence electrons. The van der Waals surface area contributed by atoms with E-state index >= 15 is 0 Å². The molecule has 0 saturated heterocycles. The molecule has 0 aromatic heterocycles. The Morgan fingerprint density at radius 2 is 1.33 bits per heavy atom. The van der Waals surface area contributed by atoms with Gasteiger partial charge in [0, 0.05) is 60.0 Å². The van der Waals surface area contributed by atoms with Gasteiger partial charge in [0.1, 0.15) is 0 Å². The van der Waals surface area contributed by atoms with Crippen LogP contribution in [0, 0.1) is 0 Å². The first-order chi connectivity index (χ1) is 1.00. The van der Waals surface area contributed by atoms with E-state index < -0.39 is 0 Å². The second-order valence-corrected chi connectivity index (χ2v) is 0. The SMILES string of the molecule is [Ba+2].[Ca+2].[H-].[H-].[H-].[H-].[O]=[Cu].[Tl].[Y]. The molecule has 0 amide bonds. The number of hydrogen-bond acceptors (Lipinski definition) is 1. The van der Waals surface area contributed by atoms with E-state index in [1.54, 1.807) is 0 Å². The fourth-order valence-electron chi connectivity index (χ4n) is 0. The topological polar surface area (TPSA) is 17.1 Å². The first kappa shape index (κ1) is 30.3. The first-order valence-electron chi connectivity index (χ1n) is 0.123. The molecule has 0 aromatic rings. The van der Waals surface area contributed by atoms with E-state index in [2.05, 4.69) is 15.9 Å². The predicted octanol–water partition coefficient (Wildman–Crippen LogP) is -0.816. The molecule has 0 N–H and O–H groups in total. The van der Waals surface area contributed by atoms with Crippen LogP contribution in [0.4, 0.5) is 0 Å². The van der Waals surface area contributed by atoms with Crippen LogP contribution in [0.1, 0.15) is 5.71 Å². The quantitative estimate of drug-likeness (QED) is 0.359. The third-order valence-electron chi connectivity index (χ3n) is 0. The van der Waals surface area contributed by atoms with Crippen LogP contribution in [-0.2, 0) is 52.5 Å². The summed E-state index contributed by atoms with van der Waals surface area (Å²) in [6.45, 7) is 0. The second kappa shape index (κ2) is 32.0. The third kappa shape index (κ3) is 22.9. The molecule has 0 unspecified atom stereocenters. The minimum Gasteiger partial charge on any atom is 0 e. The van der Waals surface area contributed by atoms with Gasteiger partial charge in [-0.2, -0.15) is 0 Å². The van der Waals surface area contributed by atoms with E-state index in [-0.39, 0.29) is 152 Å². The van der Waals surface area contributed by atoms with Crippen molar-refractivity contribution in [3.05, 3.63) is 0 Å². The Morgan fingerprint density at radius 1 is 1.33 bits per heavy atom. The van der Waals surface area contributed by atoms with E-state index in [0.717, 1.165) is 0 Å². The summed E-state index contributed by atoms with van der Waals surface area (Å²) in [5, 5.41) is 0. The molecule has 0 bridgehead atoms. The van der Waals surface area contributed by atoms with E-state index in [4.69, 9.17) is 3.83 Å². The van der Waals surface area contributed by atoms with Crippen LogP contribution in [-0.4, -0.2) is 114 Å². The molecule has 0 spiro atoms. The Bertz CT molecular complexity index is 25.2. The molecule has 0 heterocycles. The molecule has 0 saturated carbocycles. The maximum atomic E-state index is 7.81. The van der Waals surface area contributed by atoms with Gasteiger partial charge < -0.3 is 5.71 Å². The van der Waals surface area contributed by atoms with Gasteiger partial charge in [-0.25, -0.2) is 0 Å². The molecule has 0 aliphatic heterocycles. The fourth-order valence-corrected chi connectivity index (χ4v) is 0. The second-order valence-electron chi connectivity index (χ2n) is 0. The predicted molar refractivity (Wildman–Crippen MR) is 22.4 cm³/mol.